The Kier molecular flexibility index (Phi) is 6.35. The highest BCUT2D eigenvalue weighted by Gasteiger charge is 2.23. The maximum atomic E-state index is 10.5. The van der Waals surface area contributed by atoms with Gasteiger partial charge in [0.2, 0.25) is 0 Å². The van der Waals surface area contributed by atoms with Crippen LogP contribution in [0.25, 0.3) is 0 Å². The molecule has 180 valence electrons. The molecular formula is C30H31NO4. The van der Waals surface area contributed by atoms with E-state index in [0.29, 0.717) is 17.1 Å². The molecule has 5 nitrogen and oxygen atoms in total. The molecule has 0 unspecified atom stereocenters. The van der Waals surface area contributed by atoms with Crippen LogP contribution in [0.15, 0.2) is 60.7 Å². The number of para-hydroxylation sites is 2. The standard InChI is InChI=1S/C30H31NO4/c1-17-11-12-28(22(6)30(17)34)35-29-10-8-7-9-25(29)31(26-15-23(32)13-18(2)20(26)4)27-16-24(33)14-19(3)21(27)5/h7-16,32-34H,1-6H3. The van der Waals surface area contributed by atoms with Crippen molar-refractivity contribution in [2.24, 2.45) is 0 Å². The third-order valence-corrected chi connectivity index (χ3v) is 6.64. The zero-order valence-electron chi connectivity index (χ0n) is 21.0. The molecule has 35 heavy (non-hydrogen) atoms. The summed E-state index contributed by atoms with van der Waals surface area (Å²) in [5, 5.41) is 31.5. The molecule has 0 atom stereocenters. The average Bonchev–Trinajstić information content (AvgIpc) is 2.81. The van der Waals surface area contributed by atoms with Gasteiger partial charge >= 0.3 is 0 Å². The zero-order valence-corrected chi connectivity index (χ0v) is 21.0. The van der Waals surface area contributed by atoms with Crippen LogP contribution in [0.2, 0.25) is 0 Å². The second-order valence-corrected chi connectivity index (χ2v) is 9.07. The number of phenols is 3. The molecule has 0 spiro atoms. The number of rotatable bonds is 5. The Morgan fingerprint density at radius 2 is 1.09 bits per heavy atom. The Balaban J connectivity index is 1.99. The van der Waals surface area contributed by atoms with Gasteiger partial charge in [-0.25, -0.2) is 0 Å². The summed E-state index contributed by atoms with van der Waals surface area (Å²) >= 11 is 0. The number of aryl methyl sites for hydroxylation is 3. The van der Waals surface area contributed by atoms with Gasteiger partial charge in [0.15, 0.2) is 5.75 Å². The number of benzene rings is 4. The minimum Gasteiger partial charge on any atom is -0.508 e. The first kappa shape index (κ1) is 24.0. The highest BCUT2D eigenvalue weighted by atomic mass is 16.5. The first-order valence-electron chi connectivity index (χ1n) is 11.5. The molecule has 0 aliphatic heterocycles. The molecule has 3 N–H and O–H groups in total. The molecule has 0 saturated carbocycles. The largest absolute Gasteiger partial charge is 0.508 e. The second-order valence-electron chi connectivity index (χ2n) is 9.07. The van der Waals surface area contributed by atoms with Crippen LogP contribution in [0, 0.1) is 41.5 Å². The first-order valence-corrected chi connectivity index (χ1v) is 11.5. The fraction of sp³-hybridized carbons (Fsp3) is 0.200. The molecule has 4 aromatic carbocycles. The van der Waals surface area contributed by atoms with Gasteiger partial charge in [-0.2, -0.15) is 0 Å². The molecule has 0 aliphatic carbocycles. The van der Waals surface area contributed by atoms with Crippen molar-refractivity contribution in [1.29, 1.82) is 0 Å². The van der Waals surface area contributed by atoms with Crippen LogP contribution in [0.4, 0.5) is 17.1 Å². The van der Waals surface area contributed by atoms with Gasteiger partial charge in [0.25, 0.3) is 0 Å². The Bertz CT molecular complexity index is 1370. The van der Waals surface area contributed by atoms with E-state index >= 15 is 0 Å². The van der Waals surface area contributed by atoms with Crippen LogP contribution < -0.4 is 9.64 Å². The minimum absolute atomic E-state index is 0.153. The van der Waals surface area contributed by atoms with E-state index in [4.69, 9.17) is 4.74 Å². The fourth-order valence-corrected chi connectivity index (χ4v) is 4.27. The molecule has 0 saturated heterocycles. The summed E-state index contributed by atoms with van der Waals surface area (Å²) in [7, 11) is 0. The van der Waals surface area contributed by atoms with Gasteiger partial charge < -0.3 is 25.0 Å². The summed E-state index contributed by atoms with van der Waals surface area (Å²) in [5.74, 6) is 1.63. The van der Waals surface area contributed by atoms with Crippen molar-refractivity contribution in [3.63, 3.8) is 0 Å². The summed E-state index contributed by atoms with van der Waals surface area (Å²) in [6.07, 6.45) is 0. The van der Waals surface area contributed by atoms with Gasteiger partial charge in [0.05, 0.1) is 17.1 Å². The van der Waals surface area contributed by atoms with Gasteiger partial charge in [-0.15, -0.1) is 0 Å². The average molecular weight is 470 g/mol. The summed E-state index contributed by atoms with van der Waals surface area (Å²) < 4.78 is 6.37. The smallest absolute Gasteiger partial charge is 0.151 e. The van der Waals surface area contributed by atoms with Crippen LogP contribution in [-0.2, 0) is 0 Å². The molecule has 4 rings (SSSR count). The lowest BCUT2D eigenvalue weighted by Crippen LogP contribution is -2.14. The minimum atomic E-state index is 0.153. The fourth-order valence-electron chi connectivity index (χ4n) is 4.27. The number of hydrogen-bond donors (Lipinski definition) is 3. The van der Waals surface area contributed by atoms with Crippen molar-refractivity contribution in [3.8, 4) is 28.7 Å². The lowest BCUT2D eigenvalue weighted by atomic mass is 10.0. The predicted octanol–water partition coefficient (Wildman–Crippen LogP) is 7.92. The van der Waals surface area contributed by atoms with Crippen LogP contribution in [0.1, 0.15) is 33.4 Å². The Hall–Kier alpha value is -4.12. The summed E-state index contributed by atoms with van der Waals surface area (Å²) in [6, 6.07) is 18.2. The van der Waals surface area contributed by atoms with E-state index in [1.165, 1.54) is 0 Å². The molecule has 0 radical (unpaired) electrons. The van der Waals surface area contributed by atoms with E-state index in [-0.39, 0.29) is 17.2 Å². The van der Waals surface area contributed by atoms with E-state index in [0.717, 1.165) is 44.9 Å². The number of phenolic OH excluding ortho intramolecular Hbond substituents is 3. The first-order chi connectivity index (χ1) is 16.6. The van der Waals surface area contributed by atoms with Crippen molar-refractivity contribution in [2.75, 3.05) is 4.90 Å². The van der Waals surface area contributed by atoms with Crippen LogP contribution in [0.5, 0.6) is 28.7 Å². The number of aromatic hydroxyl groups is 3. The van der Waals surface area contributed by atoms with Crippen molar-refractivity contribution in [3.05, 3.63) is 94.0 Å². The van der Waals surface area contributed by atoms with Crippen molar-refractivity contribution in [2.45, 2.75) is 41.5 Å². The van der Waals surface area contributed by atoms with Crippen LogP contribution >= 0.6 is 0 Å². The quantitative estimate of drug-likeness (QED) is 0.277. The van der Waals surface area contributed by atoms with E-state index in [9.17, 15) is 15.3 Å². The number of hydrogen-bond acceptors (Lipinski definition) is 5. The SMILES string of the molecule is Cc1cc(O)cc(N(c2ccccc2Oc2ccc(C)c(O)c2C)c2cc(O)cc(C)c2C)c1C. The van der Waals surface area contributed by atoms with Crippen molar-refractivity contribution >= 4 is 17.1 Å². The van der Waals surface area contributed by atoms with Gasteiger partial charge in [0, 0.05) is 17.7 Å². The summed E-state index contributed by atoms with van der Waals surface area (Å²) in [6.45, 7) is 11.6. The predicted molar refractivity (Wildman–Crippen MR) is 141 cm³/mol. The third kappa shape index (κ3) is 4.50. The third-order valence-electron chi connectivity index (χ3n) is 6.64. The molecule has 0 aliphatic rings. The van der Waals surface area contributed by atoms with Gasteiger partial charge in [-0.3, -0.25) is 0 Å². The highest BCUT2D eigenvalue weighted by molar-refractivity contribution is 5.85. The second kappa shape index (κ2) is 9.26. The number of anilines is 3. The van der Waals surface area contributed by atoms with Crippen molar-refractivity contribution in [1.82, 2.24) is 0 Å². The maximum absolute atomic E-state index is 10.5. The Morgan fingerprint density at radius 1 is 0.543 bits per heavy atom. The normalized spacial score (nSPS) is 10.9. The molecular weight excluding hydrogens is 438 g/mol. The number of ether oxygens (including phenoxy) is 1. The van der Waals surface area contributed by atoms with Crippen LogP contribution in [-0.4, -0.2) is 15.3 Å². The molecule has 0 bridgehead atoms. The highest BCUT2D eigenvalue weighted by Crippen LogP contribution is 2.47. The van der Waals surface area contributed by atoms with E-state index < -0.39 is 0 Å². The van der Waals surface area contributed by atoms with Crippen molar-refractivity contribution < 1.29 is 20.1 Å². The number of nitrogens with zero attached hydrogens (tertiary/aromatic N) is 1. The monoisotopic (exact) mass is 469 g/mol. The van der Waals surface area contributed by atoms with Gasteiger partial charge in [-0.05, 0) is 99.7 Å². The Labute approximate surface area is 206 Å². The molecule has 0 amide bonds. The topological polar surface area (TPSA) is 73.2 Å². The zero-order chi connectivity index (χ0) is 25.4. The molecule has 0 aromatic heterocycles. The lowest BCUT2D eigenvalue weighted by Gasteiger charge is -2.31. The van der Waals surface area contributed by atoms with E-state index in [2.05, 4.69) is 0 Å². The van der Waals surface area contributed by atoms with Gasteiger partial charge in [-0.1, -0.05) is 18.2 Å². The molecule has 5 heteroatoms. The molecule has 4 aromatic rings. The summed E-state index contributed by atoms with van der Waals surface area (Å²) in [4.78, 5) is 2.00. The maximum Gasteiger partial charge on any atom is 0.151 e. The van der Waals surface area contributed by atoms with E-state index in [1.807, 2.05) is 82.8 Å². The van der Waals surface area contributed by atoms with Gasteiger partial charge in [0.1, 0.15) is 23.0 Å². The van der Waals surface area contributed by atoms with E-state index in [1.54, 1.807) is 24.3 Å². The summed E-state index contributed by atoms with van der Waals surface area (Å²) in [5.41, 5.74) is 7.57. The van der Waals surface area contributed by atoms with Crippen LogP contribution in [0.3, 0.4) is 0 Å². The lowest BCUT2D eigenvalue weighted by molar-refractivity contribution is 0.445. The molecule has 0 heterocycles. The Morgan fingerprint density at radius 3 is 1.66 bits per heavy atom. The molecule has 0 fully saturated rings.